The molecule has 3 aliphatic heterocycles. The molecule has 5 heterocycles. The third-order valence-electron chi connectivity index (χ3n) is 9.68. The molecule has 254 valence electrons. The quantitative estimate of drug-likeness (QED) is 0.0889. The summed E-state index contributed by atoms with van der Waals surface area (Å²) in [6.45, 7) is 1.97. The van der Waals surface area contributed by atoms with E-state index in [1.165, 1.54) is 24.4 Å². The Morgan fingerprint density at radius 2 is 1.86 bits per heavy atom. The maximum Gasteiger partial charge on any atom is 0.405 e. The van der Waals surface area contributed by atoms with Crippen molar-refractivity contribution >= 4 is 35.3 Å². The van der Waals surface area contributed by atoms with Gasteiger partial charge in [0, 0.05) is 42.8 Å². The van der Waals surface area contributed by atoms with Gasteiger partial charge in [-0.1, -0.05) is 12.0 Å². The summed E-state index contributed by atoms with van der Waals surface area (Å²) in [6.07, 6.45) is 6.39. The Balaban J connectivity index is 1.38. The zero-order valence-electron chi connectivity index (χ0n) is 26.2. The number of phenols is 1. The number of anilines is 1. The summed E-state index contributed by atoms with van der Waals surface area (Å²) in [7, 11) is 6.50. The lowest BCUT2D eigenvalue weighted by molar-refractivity contribution is -0.455. The first-order chi connectivity index (χ1) is 23.3. The van der Waals surface area contributed by atoms with Crippen LogP contribution in [0.5, 0.6) is 11.8 Å². The molecular weight excluding hydrogens is 641 g/mol. The van der Waals surface area contributed by atoms with Crippen LogP contribution in [0.3, 0.4) is 0 Å². The van der Waals surface area contributed by atoms with E-state index in [-0.39, 0.29) is 57.8 Å². The van der Waals surface area contributed by atoms with Crippen LogP contribution < -0.4 is 15.0 Å². The Hall–Kier alpha value is -4.21. The number of halogens is 2. The van der Waals surface area contributed by atoms with Gasteiger partial charge in [-0.15, -0.1) is 6.42 Å². The first-order valence-electron chi connectivity index (χ1n) is 15.8. The van der Waals surface area contributed by atoms with E-state index in [0.717, 1.165) is 32.0 Å². The fraction of sp³-hybridized carbons (Fsp3) is 0.424. The van der Waals surface area contributed by atoms with Gasteiger partial charge in [0.1, 0.15) is 28.6 Å². The molecule has 0 amide bonds. The number of benzene rings is 2. The standard InChI is InChI=1S/C33H33BF2N6O7/c1-2-21-24(35)6-5-18-13-20(43)14-22(25(18)21)27-26(36)28-23(15-38-27)29(41-12-9-37-19(16-41)17-48-33(45,46)47)40-30(39-28)49-32(34,44)31-7-3-10-42(31)11-4-8-31/h1,5-6,13-15,19,37,43-47H,3-4,7-12,16-17H2. The van der Waals surface area contributed by atoms with Gasteiger partial charge < -0.3 is 45.2 Å². The normalized spacial score (nSPS) is 20.8. The van der Waals surface area contributed by atoms with Crippen LogP contribution in [0.25, 0.3) is 32.9 Å². The topological polar surface area (TPSA) is 177 Å². The fourth-order valence-corrected chi connectivity index (χ4v) is 7.52. The molecule has 0 spiro atoms. The summed E-state index contributed by atoms with van der Waals surface area (Å²) in [4.78, 5) is 17.2. The van der Waals surface area contributed by atoms with Crippen molar-refractivity contribution in [1.29, 1.82) is 0 Å². The third kappa shape index (κ3) is 5.91. The number of aliphatic hydroxyl groups is 4. The minimum atomic E-state index is -3.34. The molecule has 2 radical (unpaired) electrons. The molecule has 16 heteroatoms. The molecule has 3 fully saturated rings. The first kappa shape index (κ1) is 33.3. The lowest BCUT2D eigenvalue weighted by Gasteiger charge is -2.44. The van der Waals surface area contributed by atoms with Gasteiger partial charge in [0.05, 0.1) is 23.1 Å². The monoisotopic (exact) mass is 674 g/mol. The van der Waals surface area contributed by atoms with Gasteiger partial charge in [-0.3, -0.25) is 9.88 Å². The van der Waals surface area contributed by atoms with Crippen LogP contribution in [-0.2, 0) is 4.74 Å². The number of rotatable bonds is 8. The average molecular weight is 674 g/mol. The molecule has 2 aromatic carbocycles. The van der Waals surface area contributed by atoms with Crippen molar-refractivity contribution in [3.63, 3.8) is 0 Å². The Morgan fingerprint density at radius 3 is 2.57 bits per heavy atom. The lowest BCUT2D eigenvalue weighted by Crippen LogP contribution is -2.62. The summed E-state index contributed by atoms with van der Waals surface area (Å²) in [5.74, 6) is 0.560. The van der Waals surface area contributed by atoms with Gasteiger partial charge in [-0.2, -0.15) is 9.97 Å². The molecule has 0 saturated carbocycles. The first-order valence-corrected chi connectivity index (χ1v) is 15.8. The van der Waals surface area contributed by atoms with E-state index in [1.807, 2.05) is 0 Å². The maximum atomic E-state index is 16.9. The van der Waals surface area contributed by atoms with Crippen LogP contribution in [0.15, 0.2) is 30.5 Å². The van der Waals surface area contributed by atoms with Crippen LogP contribution in [0.1, 0.15) is 31.2 Å². The molecule has 3 saturated heterocycles. The van der Waals surface area contributed by atoms with Crippen LogP contribution in [0, 0.1) is 24.0 Å². The predicted octanol–water partition coefficient (Wildman–Crippen LogP) is 1.01. The molecule has 7 rings (SSSR count). The van der Waals surface area contributed by atoms with Crippen molar-refractivity contribution in [2.45, 2.75) is 49.1 Å². The van der Waals surface area contributed by atoms with Gasteiger partial charge >= 0.3 is 12.2 Å². The minimum absolute atomic E-state index is 0.0196. The lowest BCUT2D eigenvalue weighted by atomic mass is 9.73. The molecule has 6 N–H and O–H groups in total. The second-order valence-corrected chi connectivity index (χ2v) is 12.7. The second kappa shape index (κ2) is 12.3. The van der Waals surface area contributed by atoms with E-state index < -0.39 is 41.1 Å². The van der Waals surface area contributed by atoms with E-state index in [0.29, 0.717) is 31.3 Å². The van der Waals surface area contributed by atoms with Gasteiger partial charge in [0.25, 0.3) is 0 Å². The van der Waals surface area contributed by atoms with Crippen molar-refractivity contribution in [2.75, 3.05) is 44.2 Å². The van der Waals surface area contributed by atoms with E-state index in [4.69, 9.17) is 23.7 Å². The summed E-state index contributed by atoms with van der Waals surface area (Å²) in [5.41, 5.74) is -3.82. The molecule has 13 nitrogen and oxygen atoms in total. The number of piperazine rings is 1. The Kier molecular flexibility index (Phi) is 8.35. The highest BCUT2D eigenvalue weighted by molar-refractivity contribution is 6.14. The number of ether oxygens (including phenoxy) is 2. The van der Waals surface area contributed by atoms with Crippen LogP contribution in [0.2, 0.25) is 0 Å². The molecular formula is C33H33BF2N6O7. The molecule has 0 bridgehead atoms. The molecule has 4 aromatic rings. The van der Waals surface area contributed by atoms with Crippen molar-refractivity contribution in [3.8, 4) is 35.4 Å². The minimum Gasteiger partial charge on any atom is -0.508 e. The largest absolute Gasteiger partial charge is 0.508 e. The van der Waals surface area contributed by atoms with Gasteiger partial charge in [0.15, 0.2) is 19.3 Å². The summed E-state index contributed by atoms with van der Waals surface area (Å²) in [5, 5.41) is 53.7. The summed E-state index contributed by atoms with van der Waals surface area (Å²) >= 11 is 0. The van der Waals surface area contributed by atoms with Gasteiger partial charge in [-0.25, -0.2) is 8.78 Å². The Morgan fingerprint density at radius 1 is 1.10 bits per heavy atom. The number of hydrogen-bond acceptors (Lipinski definition) is 13. The zero-order chi connectivity index (χ0) is 34.7. The highest BCUT2D eigenvalue weighted by atomic mass is 19.1. The SMILES string of the molecule is [B]C(O)(Oc1nc(N2CCNC(COC(O)(O)O)C2)c2cnc(-c3cc(O)cc4ccc(F)c(C#C)c34)c(F)c2n1)C12CCCN1CCC2. The molecule has 0 aliphatic carbocycles. The van der Waals surface area contributed by atoms with Crippen LogP contribution >= 0.6 is 0 Å². The highest BCUT2D eigenvalue weighted by Gasteiger charge is 2.57. The fourth-order valence-electron chi connectivity index (χ4n) is 7.52. The zero-order valence-corrected chi connectivity index (χ0v) is 26.2. The van der Waals surface area contributed by atoms with Crippen LogP contribution in [0.4, 0.5) is 14.6 Å². The van der Waals surface area contributed by atoms with E-state index in [2.05, 4.69) is 31.1 Å². The van der Waals surface area contributed by atoms with E-state index in [1.54, 1.807) is 4.90 Å². The van der Waals surface area contributed by atoms with Crippen molar-refractivity contribution in [3.05, 3.63) is 47.7 Å². The number of terminal acetylenes is 1. The number of phenolic OH excluding ortho intramolecular Hbond substituents is 1. The number of nitrogens with zero attached hydrogens (tertiary/aromatic N) is 5. The number of aromatic hydroxyl groups is 1. The molecule has 2 unspecified atom stereocenters. The smallest absolute Gasteiger partial charge is 0.405 e. The molecule has 3 aliphatic rings. The van der Waals surface area contributed by atoms with Crippen molar-refractivity contribution in [2.24, 2.45) is 0 Å². The number of aromatic nitrogens is 3. The number of pyridine rings is 1. The van der Waals surface area contributed by atoms with E-state index >= 15 is 4.39 Å². The van der Waals surface area contributed by atoms with Crippen molar-refractivity contribution < 1.29 is 43.8 Å². The van der Waals surface area contributed by atoms with Crippen LogP contribution in [-0.4, -0.2) is 116 Å². The number of hydrogen-bond donors (Lipinski definition) is 6. The summed E-state index contributed by atoms with van der Waals surface area (Å²) < 4.78 is 42.4. The average Bonchev–Trinajstić information content (AvgIpc) is 3.67. The third-order valence-corrected chi connectivity index (χ3v) is 9.68. The molecule has 49 heavy (non-hydrogen) atoms. The van der Waals surface area contributed by atoms with Crippen molar-refractivity contribution in [1.82, 2.24) is 25.2 Å². The molecule has 2 aromatic heterocycles. The van der Waals surface area contributed by atoms with E-state index in [9.17, 15) is 29.9 Å². The predicted molar refractivity (Wildman–Crippen MR) is 173 cm³/mol. The highest BCUT2D eigenvalue weighted by Crippen LogP contribution is 2.46. The molecule has 2 atom stereocenters. The number of fused-ring (bicyclic) bond motifs is 3. The summed E-state index contributed by atoms with van der Waals surface area (Å²) in [6, 6.07) is 4.22. The Labute approximate surface area is 280 Å². The number of nitrogens with one attached hydrogen (secondary N) is 1. The maximum absolute atomic E-state index is 16.9. The Bertz CT molecular complexity index is 1980. The van der Waals surface area contributed by atoms with Gasteiger partial charge in [0.2, 0.25) is 0 Å². The van der Waals surface area contributed by atoms with Gasteiger partial charge in [-0.05, 0) is 62.4 Å². The second-order valence-electron chi connectivity index (χ2n) is 12.7.